The third-order valence-corrected chi connectivity index (χ3v) is 2.94. The van der Waals surface area contributed by atoms with Crippen LogP contribution in [-0.2, 0) is 0 Å². The van der Waals surface area contributed by atoms with E-state index in [2.05, 4.69) is 5.32 Å². The van der Waals surface area contributed by atoms with Gasteiger partial charge in [0.15, 0.2) is 0 Å². The van der Waals surface area contributed by atoms with Crippen molar-refractivity contribution in [1.82, 2.24) is 5.32 Å². The Morgan fingerprint density at radius 2 is 2.21 bits per heavy atom. The lowest BCUT2D eigenvalue weighted by molar-refractivity contribution is 0.0883. The first kappa shape index (κ1) is 11.5. The van der Waals surface area contributed by atoms with Crippen LogP contribution in [0.1, 0.15) is 9.67 Å². The van der Waals surface area contributed by atoms with E-state index in [9.17, 15) is 4.79 Å². The lowest BCUT2D eigenvalue weighted by Gasteiger charge is -2.12. The van der Waals surface area contributed by atoms with E-state index in [1.54, 1.807) is 11.4 Å². The van der Waals surface area contributed by atoms with Gasteiger partial charge >= 0.3 is 0 Å². The first-order chi connectivity index (χ1) is 6.69. The van der Waals surface area contributed by atoms with Gasteiger partial charge < -0.3 is 15.5 Å². The summed E-state index contributed by atoms with van der Waals surface area (Å²) in [5.74, 6) is -0.377. The van der Waals surface area contributed by atoms with Crippen molar-refractivity contribution in [2.24, 2.45) is 0 Å². The molecule has 1 amide bonds. The second-order valence-electron chi connectivity index (χ2n) is 2.63. The van der Waals surface area contributed by atoms with Gasteiger partial charge in [-0.3, -0.25) is 4.79 Å². The molecule has 0 fully saturated rings. The Morgan fingerprint density at radius 1 is 1.57 bits per heavy atom. The Morgan fingerprint density at radius 3 is 2.64 bits per heavy atom. The molecule has 0 unspecified atom stereocenters. The van der Waals surface area contributed by atoms with Crippen molar-refractivity contribution in [1.29, 1.82) is 0 Å². The Kier molecular flexibility index (Phi) is 4.34. The largest absolute Gasteiger partial charge is 0.394 e. The van der Waals surface area contributed by atoms with Crippen LogP contribution in [0.5, 0.6) is 0 Å². The highest BCUT2D eigenvalue weighted by Gasteiger charge is 2.15. The monoisotopic (exact) mass is 235 g/mol. The number of amides is 1. The number of hydrogen-bond donors (Lipinski definition) is 3. The average molecular weight is 236 g/mol. The van der Waals surface area contributed by atoms with E-state index in [0.717, 1.165) is 0 Å². The molecule has 6 heteroatoms. The lowest BCUT2D eigenvalue weighted by atomic mass is 10.3. The minimum absolute atomic E-state index is 0.300. The number of aliphatic hydroxyl groups excluding tert-OH is 2. The summed E-state index contributed by atoms with van der Waals surface area (Å²) in [5.41, 5.74) is 0. The lowest BCUT2D eigenvalue weighted by Crippen LogP contribution is -2.39. The van der Waals surface area contributed by atoms with Gasteiger partial charge in [0.2, 0.25) is 0 Å². The molecule has 1 aromatic rings. The molecule has 4 nitrogen and oxygen atoms in total. The van der Waals surface area contributed by atoms with Crippen molar-refractivity contribution >= 4 is 28.8 Å². The van der Waals surface area contributed by atoms with Gasteiger partial charge in [-0.05, 0) is 11.4 Å². The van der Waals surface area contributed by atoms with Crippen LogP contribution in [0.25, 0.3) is 0 Å². The van der Waals surface area contributed by atoms with Crippen molar-refractivity contribution in [2.45, 2.75) is 6.04 Å². The Balaban J connectivity index is 2.63. The fourth-order valence-corrected chi connectivity index (χ4v) is 1.90. The van der Waals surface area contributed by atoms with Crippen molar-refractivity contribution in [3.8, 4) is 0 Å². The minimum atomic E-state index is -0.638. The van der Waals surface area contributed by atoms with Gasteiger partial charge in [-0.15, -0.1) is 11.3 Å². The number of aliphatic hydroxyl groups is 2. The number of rotatable bonds is 4. The molecule has 0 radical (unpaired) electrons. The highest BCUT2D eigenvalue weighted by Crippen LogP contribution is 2.21. The summed E-state index contributed by atoms with van der Waals surface area (Å²) in [6.45, 7) is -0.601. The maximum atomic E-state index is 11.4. The molecule has 14 heavy (non-hydrogen) atoms. The second-order valence-corrected chi connectivity index (χ2v) is 3.96. The Hall–Kier alpha value is -0.620. The molecule has 0 aliphatic rings. The Bertz CT molecular complexity index is 311. The zero-order valence-corrected chi connectivity index (χ0v) is 8.81. The van der Waals surface area contributed by atoms with Crippen molar-refractivity contribution in [3.63, 3.8) is 0 Å². The first-order valence-corrected chi connectivity index (χ1v) is 5.20. The second kappa shape index (κ2) is 5.31. The third kappa shape index (κ3) is 2.68. The molecule has 0 aromatic carbocycles. The molecule has 1 aromatic heterocycles. The number of halogens is 1. The highest BCUT2D eigenvalue weighted by molar-refractivity contribution is 7.12. The van der Waals surface area contributed by atoms with Gasteiger partial charge in [0, 0.05) is 0 Å². The van der Waals surface area contributed by atoms with Gasteiger partial charge in [0.1, 0.15) is 4.88 Å². The van der Waals surface area contributed by atoms with Gasteiger partial charge in [0.05, 0.1) is 24.3 Å². The van der Waals surface area contributed by atoms with Crippen LogP contribution >= 0.6 is 22.9 Å². The zero-order chi connectivity index (χ0) is 10.6. The van der Waals surface area contributed by atoms with Crippen LogP contribution < -0.4 is 5.32 Å². The molecule has 0 saturated heterocycles. The fraction of sp³-hybridized carbons (Fsp3) is 0.375. The fourth-order valence-electron chi connectivity index (χ4n) is 0.856. The molecular weight excluding hydrogens is 226 g/mol. The normalized spacial score (nSPS) is 10.6. The summed E-state index contributed by atoms with van der Waals surface area (Å²) < 4.78 is 0. The van der Waals surface area contributed by atoms with Crippen LogP contribution in [0.4, 0.5) is 0 Å². The van der Waals surface area contributed by atoms with Crippen LogP contribution in [0.3, 0.4) is 0 Å². The standard InChI is InChI=1S/C8H10ClNO3S/c9-6-1-2-14-7(6)8(13)10-5(3-11)4-12/h1-2,5,11-12H,3-4H2,(H,10,13). The molecule has 1 heterocycles. The van der Waals surface area contributed by atoms with E-state index < -0.39 is 6.04 Å². The smallest absolute Gasteiger partial charge is 0.263 e. The maximum Gasteiger partial charge on any atom is 0.263 e. The van der Waals surface area contributed by atoms with Crippen LogP contribution in [0, 0.1) is 0 Å². The van der Waals surface area contributed by atoms with Crippen LogP contribution in [-0.4, -0.2) is 35.4 Å². The van der Waals surface area contributed by atoms with E-state index in [1.165, 1.54) is 11.3 Å². The molecule has 0 spiro atoms. The minimum Gasteiger partial charge on any atom is -0.394 e. The quantitative estimate of drug-likeness (QED) is 0.711. The summed E-state index contributed by atoms with van der Waals surface area (Å²) in [6, 6.07) is 0.981. The molecule has 78 valence electrons. The van der Waals surface area contributed by atoms with E-state index in [0.29, 0.717) is 9.90 Å². The molecule has 3 N–H and O–H groups in total. The van der Waals surface area contributed by atoms with Crippen molar-refractivity contribution in [3.05, 3.63) is 21.3 Å². The van der Waals surface area contributed by atoms with Crippen molar-refractivity contribution < 1.29 is 15.0 Å². The third-order valence-electron chi connectivity index (χ3n) is 1.60. The van der Waals surface area contributed by atoms with Crippen molar-refractivity contribution in [2.75, 3.05) is 13.2 Å². The summed E-state index contributed by atoms with van der Waals surface area (Å²) in [7, 11) is 0. The number of nitrogens with one attached hydrogen (secondary N) is 1. The average Bonchev–Trinajstić information content (AvgIpc) is 2.60. The molecule has 0 bridgehead atoms. The molecule has 0 aliphatic carbocycles. The summed E-state index contributed by atoms with van der Waals surface area (Å²) in [4.78, 5) is 11.8. The first-order valence-electron chi connectivity index (χ1n) is 3.94. The van der Waals surface area contributed by atoms with Crippen LogP contribution in [0.2, 0.25) is 5.02 Å². The molecular formula is C8H10ClNO3S. The summed E-state index contributed by atoms with van der Waals surface area (Å²) in [5, 5.41) is 22.0. The number of carbonyl (C=O) groups is 1. The number of hydrogen-bond acceptors (Lipinski definition) is 4. The van der Waals surface area contributed by atoms with Gasteiger partial charge in [-0.25, -0.2) is 0 Å². The summed E-state index contributed by atoms with van der Waals surface area (Å²) >= 11 is 6.94. The highest BCUT2D eigenvalue weighted by atomic mass is 35.5. The van der Waals surface area contributed by atoms with Gasteiger partial charge in [0.25, 0.3) is 5.91 Å². The zero-order valence-electron chi connectivity index (χ0n) is 7.24. The van der Waals surface area contributed by atoms with Gasteiger partial charge in [-0.2, -0.15) is 0 Å². The SMILES string of the molecule is O=C(NC(CO)CO)c1sccc1Cl. The Labute approximate surface area is 90.1 Å². The van der Waals surface area contributed by atoms with E-state index in [-0.39, 0.29) is 19.1 Å². The topological polar surface area (TPSA) is 69.6 Å². The van der Waals surface area contributed by atoms with E-state index >= 15 is 0 Å². The number of thiophene rings is 1. The summed E-state index contributed by atoms with van der Waals surface area (Å²) in [6.07, 6.45) is 0. The number of carbonyl (C=O) groups excluding carboxylic acids is 1. The predicted molar refractivity (Wildman–Crippen MR) is 54.8 cm³/mol. The molecule has 0 saturated carbocycles. The predicted octanol–water partition coefficient (Wildman–Crippen LogP) is 0.484. The molecule has 0 atom stereocenters. The van der Waals surface area contributed by atoms with Gasteiger partial charge in [-0.1, -0.05) is 11.6 Å². The van der Waals surface area contributed by atoms with Crippen LogP contribution in [0.15, 0.2) is 11.4 Å². The molecule has 0 aliphatic heterocycles. The maximum absolute atomic E-state index is 11.4. The molecule has 1 rings (SSSR count). The van der Waals surface area contributed by atoms with E-state index in [1.807, 2.05) is 0 Å². The van der Waals surface area contributed by atoms with E-state index in [4.69, 9.17) is 21.8 Å².